The number of hydrogen-bond acceptors (Lipinski definition) is 4. The number of pyridine rings is 1. The first kappa shape index (κ1) is 21.6. The fraction of sp³-hybridized carbons (Fsp3) is 0.120. The Morgan fingerprint density at radius 1 is 1.15 bits per heavy atom. The minimum absolute atomic E-state index is 0.204. The van der Waals surface area contributed by atoms with Gasteiger partial charge in [-0.2, -0.15) is 0 Å². The summed E-state index contributed by atoms with van der Waals surface area (Å²) in [5, 5.41) is 3.58. The number of benzene rings is 1. The van der Waals surface area contributed by atoms with E-state index in [1.807, 2.05) is 30.5 Å². The number of nitrogens with zero attached hydrogens (tertiary/aromatic N) is 1. The Labute approximate surface area is 191 Å². The minimum atomic E-state index is -4.82. The van der Waals surface area contributed by atoms with Crippen molar-refractivity contribution < 1.29 is 27.1 Å². The number of aromatic nitrogens is 2. The summed E-state index contributed by atoms with van der Waals surface area (Å²) >= 11 is 0. The van der Waals surface area contributed by atoms with Crippen molar-refractivity contribution in [2.75, 3.05) is 5.32 Å². The number of allylic oxidation sites excluding steroid dienone is 3. The Kier molecular flexibility index (Phi) is 5.45. The Bertz CT molecular complexity index is 1390. The molecule has 0 aliphatic heterocycles. The summed E-state index contributed by atoms with van der Waals surface area (Å²) in [7, 11) is 0. The molecule has 0 spiro atoms. The highest BCUT2D eigenvalue weighted by Gasteiger charge is 2.31. The monoisotopic (exact) mass is 465 g/mol. The second kappa shape index (κ2) is 8.58. The lowest BCUT2D eigenvalue weighted by molar-refractivity contribution is -0.274. The zero-order chi connectivity index (χ0) is 23.7. The zero-order valence-corrected chi connectivity index (χ0v) is 17.5. The highest BCUT2D eigenvalue weighted by atomic mass is 19.4. The molecule has 2 atom stereocenters. The minimum Gasteiger partial charge on any atom is -0.472 e. The van der Waals surface area contributed by atoms with Gasteiger partial charge < -0.3 is 19.5 Å². The van der Waals surface area contributed by atoms with Gasteiger partial charge in [-0.25, -0.2) is 4.98 Å². The molecule has 0 bridgehead atoms. The largest absolute Gasteiger partial charge is 0.573 e. The molecule has 2 N–H and O–H groups in total. The number of halogens is 3. The maximum Gasteiger partial charge on any atom is 0.573 e. The zero-order valence-electron chi connectivity index (χ0n) is 17.5. The van der Waals surface area contributed by atoms with Crippen LogP contribution >= 0.6 is 0 Å². The van der Waals surface area contributed by atoms with Gasteiger partial charge in [0, 0.05) is 46.6 Å². The summed E-state index contributed by atoms with van der Waals surface area (Å²) < 4.78 is 46.7. The van der Waals surface area contributed by atoms with Gasteiger partial charge in [0.2, 0.25) is 5.91 Å². The van der Waals surface area contributed by atoms with Crippen LogP contribution in [0.2, 0.25) is 0 Å². The number of ether oxygens (including phenoxy) is 1. The van der Waals surface area contributed by atoms with E-state index in [4.69, 9.17) is 4.42 Å². The van der Waals surface area contributed by atoms with E-state index in [1.54, 1.807) is 30.9 Å². The van der Waals surface area contributed by atoms with Crippen molar-refractivity contribution >= 4 is 22.6 Å². The molecule has 172 valence electrons. The first-order chi connectivity index (χ1) is 16.4. The van der Waals surface area contributed by atoms with E-state index in [1.165, 1.54) is 18.2 Å². The summed E-state index contributed by atoms with van der Waals surface area (Å²) in [6.45, 7) is 0. The van der Waals surface area contributed by atoms with Crippen LogP contribution in [0.3, 0.4) is 0 Å². The van der Waals surface area contributed by atoms with Crippen molar-refractivity contribution in [1.82, 2.24) is 9.97 Å². The molecular formula is C25H18F3N3O3. The molecule has 0 saturated carbocycles. The third-order valence-corrected chi connectivity index (χ3v) is 5.54. The predicted molar refractivity (Wildman–Crippen MR) is 120 cm³/mol. The SMILES string of the molecule is O=C(Nc1cccc(OC(F)(F)F)c1)C1C=CC=CC1c1cnc2[nH]cc(-c3ccoc3)c2c1. The van der Waals surface area contributed by atoms with Gasteiger partial charge in [-0.05, 0) is 29.8 Å². The lowest BCUT2D eigenvalue weighted by Gasteiger charge is -2.24. The third-order valence-electron chi connectivity index (χ3n) is 5.54. The topological polar surface area (TPSA) is 80.1 Å². The molecule has 4 aromatic rings. The van der Waals surface area contributed by atoms with Gasteiger partial charge in [0.15, 0.2) is 0 Å². The molecule has 1 aliphatic rings. The van der Waals surface area contributed by atoms with E-state index in [0.717, 1.165) is 28.1 Å². The van der Waals surface area contributed by atoms with E-state index in [2.05, 4.69) is 20.0 Å². The number of alkyl halides is 3. The van der Waals surface area contributed by atoms with E-state index in [-0.39, 0.29) is 17.5 Å². The lowest BCUT2D eigenvalue weighted by atomic mass is 9.82. The average Bonchev–Trinajstić information content (AvgIpc) is 3.47. The number of amides is 1. The first-order valence-electron chi connectivity index (χ1n) is 10.4. The molecule has 6 nitrogen and oxygen atoms in total. The molecule has 3 aromatic heterocycles. The molecule has 0 saturated heterocycles. The third kappa shape index (κ3) is 4.45. The summed E-state index contributed by atoms with van der Waals surface area (Å²) in [6, 6.07) is 9.02. The van der Waals surface area contributed by atoms with Crippen molar-refractivity contribution in [3.8, 4) is 16.9 Å². The highest BCUT2D eigenvalue weighted by Crippen LogP contribution is 2.35. The number of anilines is 1. The smallest absolute Gasteiger partial charge is 0.472 e. The number of carbonyl (C=O) groups excluding carboxylic acids is 1. The van der Waals surface area contributed by atoms with Crippen molar-refractivity contribution in [3.63, 3.8) is 0 Å². The fourth-order valence-corrected chi connectivity index (χ4v) is 4.03. The Balaban J connectivity index is 1.41. The molecule has 9 heteroatoms. The summed E-state index contributed by atoms with van der Waals surface area (Å²) in [4.78, 5) is 20.8. The van der Waals surface area contributed by atoms with E-state index in [0.29, 0.717) is 5.65 Å². The van der Waals surface area contributed by atoms with Crippen molar-refractivity contribution in [3.05, 3.63) is 91.2 Å². The van der Waals surface area contributed by atoms with Crippen molar-refractivity contribution in [2.24, 2.45) is 5.92 Å². The van der Waals surface area contributed by atoms with Gasteiger partial charge in [0.05, 0.1) is 18.4 Å². The normalized spacial score (nSPS) is 17.7. The summed E-state index contributed by atoms with van der Waals surface area (Å²) in [5.41, 5.74) is 3.56. The predicted octanol–water partition coefficient (Wildman–Crippen LogP) is 6.19. The van der Waals surface area contributed by atoms with Crippen LogP contribution in [0.1, 0.15) is 11.5 Å². The number of nitrogens with one attached hydrogen (secondary N) is 2. The second-order valence-corrected chi connectivity index (χ2v) is 7.77. The summed E-state index contributed by atoms with van der Waals surface area (Å²) in [5.74, 6) is -1.68. The molecule has 1 aliphatic carbocycles. The number of aromatic amines is 1. The summed E-state index contributed by atoms with van der Waals surface area (Å²) in [6.07, 6.45) is 9.26. The second-order valence-electron chi connectivity index (χ2n) is 7.77. The van der Waals surface area contributed by atoms with Gasteiger partial charge in [-0.3, -0.25) is 4.79 Å². The van der Waals surface area contributed by atoms with Gasteiger partial charge in [0.25, 0.3) is 0 Å². The molecule has 1 amide bonds. The molecule has 34 heavy (non-hydrogen) atoms. The van der Waals surface area contributed by atoms with Gasteiger partial charge >= 0.3 is 6.36 Å². The standard InChI is InChI=1S/C25H18F3N3O3/c26-25(27,28)34-18-5-3-4-17(11-18)31-24(32)20-7-2-1-6-19(20)16-10-21-22(15-8-9-33-14-15)13-30-23(21)29-12-16/h1-14,19-20H,(H,29,30)(H,31,32). The van der Waals surface area contributed by atoms with E-state index >= 15 is 0 Å². The molecular weight excluding hydrogens is 447 g/mol. The fourth-order valence-electron chi connectivity index (χ4n) is 4.03. The van der Waals surface area contributed by atoms with Crippen LogP contribution in [0.4, 0.5) is 18.9 Å². The van der Waals surface area contributed by atoms with Gasteiger partial charge in [-0.15, -0.1) is 13.2 Å². The molecule has 0 radical (unpaired) electrons. The lowest BCUT2D eigenvalue weighted by Crippen LogP contribution is -2.27. The molecule has 5 rings (SSSR count). The number of rotatable bonds is 5. The molecule has 2 unspecified atom stereocenters. The maximum atomic E-state index is 13.1. The number of fused-ring (bicyclic) bond motifs is 1. The van der Waals surface area contributed by atoms with Gasteiger partial charge in [0.1, 0.15) is 11.4 Å². The number of furan rings is 1. The van der Waals surface area contributed by atoms with Gasteiger partial charge in [-0.1, -0.05) is 30.4 Å². The Hall–Kier alpha value is -4.27. The molecule has 0 fully saturated rings. The van der Waals surface area contributed by atoms with Crippen LogP contribution in [-0.4, -0.2) is 22.2 Å². The molecule has 1 aromatic carbocycles. The van der Waals surface area contributed by atoms with Crippen LogP contribution < -0.4 is 10.1 Å². The van der Waals surface area contributed by atoms with Crippen molar-refractivity contribution in [1.29, 1.82) is 0 Å². The highest BCUT2D eigenvalue weighted by molar-refractivity contribution is 5.96. The number of H-pyrrole nitrogens is 1. The Morgan fingerprint density at radius 3 is 2.79 bits per heavy atom. The van der Waals surface area contributed by atoms with Crippen LogP contribution in [0, 0.1) is 5.92 Å². The Morgan fingerprint density at radius 2 is 2.00 bits per heavy atom. The first-order valence-corrected chi connectivity index (χ1v) is 10.4. The van der Waals surface area contributed by atoms with Crippen LogP contribution in [0.25, 0.3) is 22.2 Å². The van der Waals surface area contributed by atoms with Crippen LogP contribution in [0.15, 0.2) is 90.0 Å². The number of hydrogen-bond donors (Lipinski definition) is 2. The maximum absolute atomic E-state index is 13.1. The quantitative estimate of drug-likeness (QED) is 0.369. The average molecular weight is 465 g/mol. The van der Waals surface area contributed by atoms with Crippen LogP contribution in [-0.2, 0) is 4.79 Å². The van der Waals surface area contributed by atoms with Crippen LogP contribution in [0.5, 0.6) is 5.75 Å². The number of carbonyl (C=O) groups is 1. The van der Waals surface area contributed by atoms with E-state index in [9.17, 15) is 18.0 Å². The molecule has 3 heterocycles. The van der Waals surface area contributed by atoms with E-state index < -0.39 is 18.0 Å². The van der Waals surface area contributed by atoms with Crippen molar-refractivity contribution in [2.45, 2.75) is 12.3 Å².